The van der Waals surface area contributed by atoms with Gasteiger partial charge in [0.15, 0.2) is 11.5 Å². The Hall–Kier alpha value is -3.51. The molecule has 2 aromatic rings. The number of aliphatic hydroxyl groups excluding tert-OH is 1. The zero-order chi connectivity index (χ0) is 28.0. The van der Waals surface area contributed by atoms with E-state index >= 15 is 0 Å². The minimum atomic E-state index is -1.03. The summed E-state index contributed by atoms with van der Waals surface area (Å²) >= 11 is 0. The molecule has 3 atom stereocenters. The van der Waals surface area contributed by atoms with Gasteiger partial charge in [-0.3, -0.25) is 9.69 Å². The van der Waals surface area contributed by atoms with E-state index in [2.05, 4.69) is 10.6 Å². The van der Waals surface area contributed by atoms with Crippen LogP contribution in [0.25, 0.3) is 0 Å². The molecule has 0 bridgehead atoms. The second kappa shape index (κ2) is 15.8. The van der Waals surface area contributed by atoms with Crippen LogP contribution >= 0.6 is 0 Å². The lowest BCUT2D eigenvalue weighted by molar-refractivity contribution is -0.145. The van der Waals surface area contributed by atoms with E-state index in [1.807, 2.05) is 35.2 Å². The number of hydrogen-bond acceptors (Lipinski definition) is 10. The van der Waals surface area contributed by atoms with Gasteiger partial charge in [-0.25, -0.2) is 4.79 Å². The van der Waals surface area contributed by atoms with Crippen molar-refractivity contribution in [1.29, 1.82) is 0 Å². The second-order valence-electron chi connectivity index (χ2n) is 9.04. The summed E-state index contributed by atoms with van der Waals surface area (Å²) in [5, 5.41) is 15.4. The second-order valence-corrected chi connectivity index (χ2v) is 9.04. The molecule has 0 radical (unpaired) electrons. The first-order chi connectivity index (χ1) is 19.0. The Morgan fingerprint density at radius 3 is 2.44 bits per heavy atom. The average Bonchev–Trinajstić information content (AvgIpc) is 2.98. The summed E-state index contributed by atoms with van der Waals surface area (Å²) in [5.74, 6) is -0.204. The van der Waals surface area contributed by atoms with Crippen LogP contribution in [0.5, 0.6) is 11.5 Å². The number of benzene rings is 2. The van der Waals surface area contributed by atoms with Crippen molar-refractivity contribution in [3.05, 3.63) is 59.7 Å². The predicted octanol–water partition coefficient (Wildman–Crippen LogP) is 0.325. The van der Waals surface area contributed by atoms with Crippen LogP contribution in [0.1, 0.15) is 11.1 Å². The highest BCUT2D eigenvalue weighted by Gasteiger charge is 2.28. The number of aldehydes is 1. The summed E-state index contributed by atoms with van der Waals surface area (Å²) in [7, 11) is 2.78. The van der Waals surface area contributed by atoms with Crippen LogP contribution in [0.4, 0.5) is 0 Å². The number of carbonyl (C=O) groups is 3. The van der Waals surface area contributed by atoms with Gasteiger partial charge in [-0.2, -0.15) is 0 Å². The summed E-state index contributed by atoms with van der Waals surface area (Å²) in [4.78, 5) is 39.1. The number of morpholine rings is 1. The third-order valence-electron chi connectivity index (χ3n) is 6.45. The third kappa shape index (κ3) is 9.03. The summed E-state index contributed by atoms with van der Waals surface area (Å²) in [6.07, 6.45) is 0.927. The van der Waals surface area contributed by atoms with Gasteiger partial charge in [-0.05, 0) is 23.3 Å². The van der Waals surface area contributed by atoms with Crippen LogP contribution in [-0.2, 0) is 36.9 Å². The lowest BCUT2D eigenvalue weighted by Crippen LogP contribution is -2.56. The molecule has 11 heteroatoms. The summed E-state index contributed by atoms with van der Waals surface area (Å²) in [6, 6.07) is 12.4. The van der Waals surface area contributed by atoms with Gasteiger partial charge in [0.1, 0.15) is 25.0 Å². The molecule has 2 aromatic carbocycles. The van der Waals surface area contributed by atoms with E-state index in [0.29, 0.717) is 50.0 Å². The first kappa shape index (κ1) is 30.0. The highest BCUT2D eigenvalue weighted by Crippen LogP contribution is 2.29. The molecule has 0 spiro atoms. The molecule has 0 aliphatic carbocycles. The van der Waals surface area contributed by atoms with Crippen molar-refractivity contribution in [1.82, 2.24) is 15.5 Å². The van der Waals surface area contributed by atoms with Crippen molar-refractivity contribution in [2.24, 2.45) is 0 Å². The van der Waals surface area contributed by atoms with E-state index in [1.165, 1.54) is 14.2 Å². The van der Waals surface area contributed by atoms with Gasteiger partial charge in [0, 0.05) is 26.1 Å². The van der Waals surface area contributed by atoms with Gasteiger partial charge < -0.3 is 39.5 Å². The Morgan fingerprint density at radius 2 is 1.79 bits per heavy atom. The molecular formula is C28H37N3O8. The number of aliphatic hydroxyl groups is 1. The van der Waals surface area contributed by atoms with Crippen LogP contribution in [-0.4, -0.2) is 100.0 Å². The van der Waals surface area contributed by atoms with Crippen LogP contribution in [0.2, 0.25) is 0 Å². The average molecular weight is 544 g/mol. The van der Waals surface area contributed by atoms with E-state index in [0.717, 1.165) is 11.8 Å². The van der Waals surface area contributed by atoms with Gasteiger partial charge in [0.25, 0.3) is 0 Å². The van der Waals surface area contributed by atoms with E-state index in [-0.39, 0.29) is 13.0 Å². The quantitative estimate of drug-likeness (QED) is 0.213. The molecule has 0 saturated carbocycles. The Balaban J connectivity index is 1.65. The first-order valence-electron chi connectivity index (χ1n) is 12.8. The van der Waals surface area contributed by atoms with Crippen molar-refractivity contribution in [2.45, 2.75) is 31.2 Å². The molecule has 1 saturated heterocycles. The number of rotatable bonds is 15. The molecule has 1 fully saturated rings. The first-order valence-corrected chi connectivity index (χ1v) is 12.8. The Kier molecular flexibility index (Phi) is 12.2. The fourth-order valence-electron chi connectivity index (χ4n) is 4.22. The number of amides is 1. The molecule has 3 N–H and O–H groups in total. The smallest absolute Gasteiger partial charge is 0.328 e. The molecule has 1 heterocycles. The Bertz CT molecular complexity index is 1060. The van der Waals surface area contributed by atoms with Gasteiger partial charge in [-0.15, -0.1) is 0 Å². The maximum absolute atomic E-state index is 13.0. The number of esters is 1. The van der Waals surface area contributed by atoms with Gasteiger partial charge in [0.2, 0.25) is 5.91 Å². The number of nitrogens with zero attached hydrogens (tertiary/aromatic N) is 1. The maximum Gasteiger partial charge on any atom is 0.328 e. The maximum atomic E-state index is 13.0. The monoisotopic (exact) mass is 543 g/mol. The van der Waals surface area contributed by atoms with E-state index in [9.17, 15) is 19.5 Å². The van der Waals surface area contributed by atoms with Crippen LogP contribution < -0.4 is 20.1 Å². The summed E-state index contributed by atoms with van der Waals surface area (Å²) in [6.45, 7) is 2.22. The molecule has 212 valence electrons. The molecule has 3 rings (SSSR count). The fraction of sp³-hybridized carbons (Fsp3) is 0.464. The Labute approximate surface area is 228 Å². The van der Waals surface area contributed by atoms with Crippen LogP contribution in [0.3, 0.4) is 0 Å². The SMILES string of the molecule is COC(=O)C(Cc1ccc(OC)c(OCc2ccccc2)c1)NC(=O)C(CO)NCC(C=O)N1CCOCC1. The molecule has 1 aliphatic heterocycles. The lowest BCUT2D eigenvalue weighted by atomic mass is 10.0. The summed E-state index contributed by atoms with van der Waals surface area (Å²) < 4.78 is 21.6. The number of ether oxygens (including phenoxy) is 4. The van der Waals surface area contributed by atoms with E-state index in [1.54, 1.807) is 18.2 Å². The molecular weight excluding hydrogens is 506 g/mol. The minimum Gasteiger partial charge on any atom is -0.493 e. The minimum absolute atomic E-state index is 0.118. The number of nitrogens with one attached hydrogen (secondary N) is 2. The summed E-state index contributed by atoms with van der Waals surface area (Å²) in [5.41, 5.74) is 1.69. The molecule has 3 unspecified atom stereocenters. The normalized spacial score (nSPS) is 16.0. The van der Waals surface area contributed by atoms with Crippen LogP contribution in [0, 0.1) is 0 Å². The van der Waals surface area contributed by atoms with Gasteiger partial charge in [-0.1, -0.05) is 36.4 Å². The van der Waals surface area contributed by atoms with Gasteiger partial charge in [0.05, 0.1) is 40.1 Å². The molecule has 1 aliphatic rings. The molecule has 0 aromatic heterocycles. The molecule has 39 heavy (non-hydrogen) atoms. The van der Waals surface area contributed by atoms with Crippen molar-refractivity contribution < 1.29 is 38.4 Å². The topological polar surface area (TPSA) is 136 Å². The highest BCUT2D eigenvalue weighted by atomic mass is 16.5. The largest absolute Gasteiger partial charge is 0.493 e. The van der Waals surface area contributed by atoms with Crippen molar-refractivity contribution in [3.63, 3.8) is 0 Å². The number of methoxy groups -OCH3 is 2. The van der Waals surface area contributed by atoms with Crippen molar-refractivity contribution in [2.75, 3.05) is 53.7 Å². The molecule has 1 amide bonds. The zero-order valence-electron chi connectivity index (χ0n) is 22.3. The fourth-order valence-corrected chi connectivity index (χ4v) is 4.22. The lowest BCUT2D eigenvalue weighted by Gasteiger charge is -2.32. The predicted molar refractivity (Wildman–Crippen MR) is 143 cm³/mol. The third-order valence-corrected chi connectivity index (χ3v) is 6.45. The van der Waals surface area contributed by atoms with Crippen LogP contribution in [0.15, 0.2) is 48.5 Å². The molecule has 11 nitrogen and oxygen atoms in total. The highest BCUT2D eigenvalue weighted by molar-refractivity contribution is 5.87. The van der Waals surface area contributed by atoms with E-state index in [4.69, 9.17) is 18.9 Å². The zero-order valence-corrected chi connectivity index (χ0v) is 22.3. The number of carbonyl (C=O) groups excluding carboxylic acids is 3. The number of hydrogen-bond donors (Lipinski definition) is 3. The Morgan fingerprint density at radius 1 is 1.05 bits per heavy atom. The van der Waals surface area contributed by atoms with Crippen molar-refractivity contribution in [3.8, 4) is 11.5 Å². The standard InChI is InChI=1S/C28H37N3O8/c1-36-25-9-8-21(15-26(25)39-19-20-6-4-3-5-7-20)14-23(28(35)37-2)30-27(34)24(18-33)29-16-22(17-32)31-10-12-38-13-11-31/h3-9,15,17,22-24,29,33H,10-14,16,18-19H2,1-2H3,(H,30,34). The van der Waals surface area contributed by atoms with Crippen molar-refractivity contribution >= 4 is 18.2 Å². The van der Waals surface area contributed by atoms with E-state index < -0.39 is 36.6 Å². The van der Waals surface area contributed by atoms with Gasteiger partial charge >= 0.3 is 5.97 Å².